The van der Waals surface area contributed by atoms with Crippen LogP contribution >= 0.6 is 15.9 Å². The molecule has 0 aliphatic carbocycles. The van der Waals surface area contributed by atoms with Gasteiger partial charge in [0.2, 0.25) is 0 Å². The molecule has 2 N–H and O–H groups in total. The second kappa shape index (κ2) is 4.82. The van der Waals surface area contributed by atoms with E-state index in [0.29, 0.717) is 16.2 Å². The molecule has 1 fully saturated rings. The first-order valence-electron chi connectivity index (χ1n) is 5.68. The van der Waals surface area contributed by atoms with Crippen molar-refractivity contribution in [2.24, 2.45) is 0 Å². The van der Waals surface area contributed by atoms with Gasteiger partial charge in [-0.25, -0.2) is 4.39 Å². The van der Waals surface area contributed by atoms with Crippen LogP contribution in [0.25, 0.3) is 0 Å². The summed E-state index contributed by atoms with van der Waals surface area (Å²) >= 11 is 3.14. The van der Waals surface area contributed by atoms with Crippen LogP contribution in [0.15, 0.2) is 16.6 Å². The van der Waals surface area contributed by atoms with Gasteiger partial charge in [-0.1, -0.05) is 0 Å². The number of nitrogens with two attached hydrogens (primary N) is 1. The number of hydrogen-bond acceptors (Lipinski definition) is 3. The molecule has 0 radical (unpaired) electrons. The molecule has 0 saturated carbocycles. The number of rotatable bonds is 1. The molecule has 1 aliphatic rings. The van der Waals surface area contributed by atoms with Gasteiger partial charge in [0.05, 0.1) is 15.8 Å². The van der Waals surface area contributed by atoms with E-state index in [2.05, 4.69) is 39.7 Å². The van der Waals surface area contributed by atoms with Crippen LogP contribution in [0.5, 0.6) is 0 Å². The lowest BCUT2D eigenvalue weighted by molar-refractivity contribution is 0.234. The summed E-state index contributed by atoms with van der Waals surface area (Å²) in [5.74, 6) is -0.263. The van der Waals surface area contributed by atoms with Gasteiger partial charge in [0.15, 0.2) is 0 Å². The molecule has 1 heterocycles. The smallest absolute Gasteiger partial charge is 0.139 e. The highest BCUT2D eigenvalue weighted by molar-refractivity contribution is 9.10. The van der Waals surface area contributed by atoms with Crippen LogP contribution in [0, 0.1) is 5.82 Å². The Balaban J connectivity index is 2.26. The Morgan fingerprint density at radius 2 is 2.12 bits per heavy atom. The number of nitrogen functional groups attached to an aromatic ring is 1. The summed E-state index contributed by atoms with van der Waals surface area (Å²) in [5.41, 5.74) is 7.37. The molecule has 0 amide bonds. The Kier molecular flexibility index (Phi) is 3.58. The summed E-state index contributed by atoms with van der Waals surface area (Å²) in [7, 11) is 2.10. The van der Waals surface area contributed by atoms with Gasteiger partial charge in [-0.3, -0.25) is 0 Å². The lowest BCUT2D eigenvalue weighted by Crippen LogP contribution is -2.50. The topological polar surface area (TPSA) is 32.5 Å². The average molecular weight is 302 g/mol. The maximum Gasteiger partial charge on any atom is 0.139 e. The minimum absolute atomic E-state index is 0.263. The van der Waals surface area contributed by atoms with E-state index in [1.807, 2.05) is 0 Å². The van der Waals surface area contributed by atoms with E-state index in [4.69, 9.17) is 5.73 Å². The van der Waals surface area contributed by atoms with Crippen LogP contribution in [0.2, 0.25) is 0 Å². The van der Waals surface area contributed by atoms with Crippen molar-refractivity contribution in [1.29, 1.82) is 0 Å². The van der Waals surface area contributed by atoms with E-state index in [1.54, 1.807) is 6.07 Å². The van der Waals surface area contributed by atoms with Crippen LogP contribution in [-0.2, 0) is 0 Å². The minimum Gasteiger partial charge on any atom is -0.397 e. The zero-order valence-corrected chi connectivity index (χ0v) is 11.7. The molecule has 1 aromatic rings. The van der Waals surface area contributed by atoms with Crippen molar-refractivity contribution in [3.05, 3.63) is 22.4 Å². The first-order chi connectivity index (χ1) is 7.99. The average Bonchev–Trinajstić information content (AvgIpc) is 2.27. The molecule has 0 unspecified atom stereocenters. The molecule has 0 aromatic heterocycles. The molecule has 1 saturated heterocycles. The highest BCUT2D eigenvalue weighted by atomic mass is 79.9. The van der Waals surface area contributed by atoms with Gasteiger partial charge in [-0.2, -0.15) is 0 Å². The highest BCUT2D eigenvalue weighted by Crippen LogP contribution is 2.30. The standard InChI is InChI=1S/C12H17BrFN3/c1-8-7-17(4-3-16(8)2)12-6-10(14)9(13)5-11(12)15/h5-6,8H,3-4,7,15H2,1-2H3/t8-/m0/s1. The number of hydrogen-bond donors (Lipinski definition) is 1. The monoisotopic (exact) mass is 301 g/mol. The van der Waals surface area contributed by atoms with Gasteiger partial charge in [0.25, 0.3) is 0 Å². The second-order valence-electron chi connectivity index (χ2n) is 4.60. The fourth-order valence-electron chi connectivity index (χ4n) is 2.09. The number of nitrogens with zero attached hydrogens (tertiary/aromatic N) is 2. The number of anilines is 2. The summed E-state index contributed by atoms with van der Waals surface area (Å²) in [6.07, 6.45) is 0. The van der Waals surface area contributed by atoms with Crippen LogP contribution in [0.1, 0.15) is 6.92 Å². The van der Waals surface area contributed by atoms with Crippen molar-refractivity contribution in [2.75, 3.05) is 37.3 Å². The molecular formula is C12H17BrFN3. The summed E-state index contributed by atoms with van der Waals surface area (Å²) < 4.78 is 14.0. The zero-order valence-electron chi connectivity index (χ0n) is 10.1. The lowest BCUT2D eigenvalue weighted by Gasteiger charge is -2.39. The maximum atomic E-state index is 13.5. The molecule has 17 heavy (non-hydrogen) atoms. The molecular weight excluding hydrogens is 285 g/mol. The largest absolute Gasteiger partial charge is 0.397 e. The Morgan fingerprint density at radius 3 is 2.76 bits per heavy atom. The normalized spacial score (nSPS) is 21.9. The molecule has 1 atom stereocenters. The van der Waals surface area contributed by atoms with Crippen molar-refractivity contribution in [3.63, 3.8) is 0 Å². The number of likely N-dealkylation sites (N-methyl/N-ethyl adjacent to an activating group) is 1. The van der Waals surface area contributed by atoms with Crippen molar-refractivity contribution < 1.29 is 4.39 Å². The van der Waals surface area contributed by atoms with Gasteiger partial charge in [-0.05, 0) is 36.0 Å². The van der Waals surface area contributed by atoms with Gasteiger partial charge in [0.1, 0.15) is 5.82 Å². The van der Waals surface area contributed by atoms with Gasteiger partial charge in [-0.15, -0.1) is 0 Å². The number of halogens is 2. The van der Waals surface area contributed by atoms with Crippen molar-refractivity contribution in [1.82, 2.24) is 4.90 Å². The molecule has 3 nitrogen and oxygen atoms in total. The zero-order chi connectivity index (χ0) is 12.6. The van der Waals surface area contributed by atoms with Gasteiger partial charge < -0.3 is 15.5 Å². The quantitative estimate of drug-likeness (QED) is 0.808. The van der Waals surface area contributed by atoms with Crippen LogP contribution in [-0.4, -0.2) is 37.6 Å². The summed E-state index contributed by atoms with van der Waals surface area (Å²) in [5, 5.41) is 0. The lowest BCUT2D eigenvalue weighted by atomic mass is 10.1. The van der Waals surface area contributed by atoms with E-state index in [0.717, 1.165) is 25.3 Å². The first kappa shape index (κ1) is 12.6. The fourth-order valence-corrected chi connectivity index (χ4v) is 2.45. The number of benzene rings is 1. The van der Waals surface area contributed by atoms with E-state index in [-0.39, 0.29) is 5.82 Å². The third-order valence-electron chi connectivity index (χ3n) is 3.37. The predicted octanol–water partition coefficient (Wildman–Crippen LogP) is 2.31. The molecule has 2 rings (SSSR count). The van der Waals surface area contributed by atoms with E-state index in [1.165, 1.54) is 6.07 Å². The van der Waals surface area contributed by atoms with Crippen molar-refractivity contribution in [2.45, 2.75) is 13.0 Å². The molecule has 1 aromatic carbocycles. The van der Waals surface area contributed by atoms with E-state index >= 15 is 0 Å². The Labute approximate surface area is 110 Å². The third kappa shape index (κ3) is 2.55. The molecule has 0 bridgehead atoms. The van der Waals surface area contributed by atoms with Gasteiger partial charge >= 0.3 is 0 Å². The summed E-state index contributed by atoms with van der Waals surface area (Å²) in [6, 6.07) is 3.60. The summed E-state index contributed by atoms with van der Waals surface area (Å²) in [6.45, 7) is 4.89. The number of piperazine rings is 1. The Hall–Kier alpha value is -0.810. The fraction of sp³-hybridized carbons (Fsp3) is 0.500. The first-order valence-corrected chi connectivity index (χ1v) is 6.48. The highest BCUT2D eigenvalue weighted by Gasteiger charge is 2.22. The Morgan fingerprint density at radius 1 is 1.41 bits per heavy atom. The predicted molar refractivity (Wildman–Crippen MR) is 72.8 cm³/mol. The van der Waals surface area contributed by atoms with Crippen LogP contribution in [0.3, 0.4) is 0 Å². The van der Waals surface area contributed by atoms with E-state index in [9.17, 15) is 4.39 Å². The van der Waals surface area contributed by atoms with Crippen molar-refractivity contribution >= 4 is 27.3 Å². The van der Waals surface area contributed by atoms with Crippen molar-refractivity contribution in [3.8, 4) is 0 Å². The second-order valence-corrected chi connectivity index (χ2v) is 5.46. The SMILES string of the molecule is C[C@H]1CN(c2cc(F)c(Br)cc2N)CCN1C. The minimum atomic E-state index is -0.263. The van der Waals surface area contributed by atoms with Crippen LogP contribution < -0.4 is 10.6 Å². The Bertz CT molecular complexity index is 424. The summed E-state index contributed by atoms with van der Waals surface area (Å²) in [4.78, 5) is 4.44. The molecule has 0 spiro atoms. The molecule has 1 aliphatic heterocycles. The van der Waals surface area contributed by atoms with Crippen LogP contribution in [0.4, 0.5) is 15.8 Å². The van der Waals surface area contributed by atoms with E-state index < -0.39 is 0 Å². The third-order valence-corrected chi connectivity index (χ3v) is 3.98. The molecule has 94 valence electrons. The molecule has 5 heteroatoms. The van der Waals surface area contributed by atoms with Gasteiger partial charge in [0, 0.05) is 31.7 Å². The maximum absolute atomic E-state index is 13.5.